The summed E-state index contributed by atoms with van der Waals surface area (Å²) in [4.78, 5) is 2.50. The molecule has 2 fully saturated rings. The lowest BCUT2D eigenvalue weighted by atomic mass is 9.98. The number of hydrogen-bond acceptors (Lipinski definition) is 3. The first kappa shape index (κ1) is 10.4. The Morgan fingerprint density at radius 3 is 2.36 bits per heavy atom. The highest BCUT2D eigenvalue weighted by Gasteiger charge is 2.21. The van der Waals surface area contributed by atoms with Crippen LogP contribution in [0.2, 0.25) is 0 Å². The Morgan fingerprint density at radius 1 is 1.14 bits per heavy atom. The van der Waals surface area contributed by atoms with Gasteiger partial charge in [-0.05, 0) is 31.7 Å². The molecule has 0 bridgehead atoms. The lowest BCUT2D eigenvalue weighted by Crippen LogP contribution is -2.48. The molecule has 2 aliphatic heterocycles. The van der Waals surface area contributed by atoms with Crippen molar-refractivity contribution in [2.75, 3.05) is 46.4 Å². The first-order chi connectivity index (χ1) is 6.84. The second kappa shape index (κ2) is 5.10. The van der Waals surface area contributed by atoms with Gasteiger partial charge in [0.05, 0.1) is 0 Å². The molecule has 0 aliphatic carbocycles. The predicted molar refractivity (Wildman–Crippen MR) is 57.4 cm³/mol. The summed E-state index contributed by atoms with van der Waals surface area (Å²) in [7, 11) is 2.26. The molecule has 0 atom stereocenters. The molecule has 0 aromatic rings. The molecule has 82 valence electrons. The molecular weight excluding hydrogens is 176 g/mol. The van der Waals surface area contributed by atoms with Gasteiger partial charge in [-0.25, -0.2) is 0 Å². The fourth-order valence-corrected chi connectivity index (χ4v) is 2.36. The fourth-order valence-electron chi connectivity index (χ4n) is 2.36. The molecule has 0 aromatic heterocycles. The molecule has 14 heavy (non-hydrogen) atoms. The van der Waals surface area contributed by atoms with Crippen molar-refractivity contribution < 1.29 is 4.74 Å². The highest BCUT2D eigenvalue weighted by atomic mass is 16.5. The van der Waals surface area contributed by atoms with Crippen LogP contribution in [0, 0.1) is 11.8 Å². The molecular formula is C11H22N2O. The minimum atomic E-state index is 0.877. The van der Waals surface area contributed by atoms with Crippen LogP contribution in [0.4, 0.5) is 0 Å². The highest BCUT2D eigenvalue weighted by Crippen LogP contribution is 2.16. The minimum Gasteiger partial charge on any atom is -0.381 e. The van der Waals surface area contributed by atoms with Crippen LogP contribution in [0.3, 0.4) is 0 Å². The molecule has 2 heterocycles. The normalized spacial score (nSPS) is 25.3. The van der Waals surface area contributed by atoms with Gasteiger partial charge in [0.15, 0.2) is 0 Å². The zero-order valence-corrected chi connectivity index (χ0v) is 9.17. The van der Waals surface area contributed by atoms with Crippen LogP contribution in [0.15, 0.2) is 0 Å². The van der Waals surface area contributed by atoms with Gasteiger partial charge in [-0.2, -0.15) is 0 Å². The van der Waals surface area contributed by atoms with Gasteiger partial charge in [-0.3, -0.25) is 0 Å². The molecule has 0 spiro atoms. The molecule has 0 aromatic carbocycles. The Balaban J connectivity index is 1.62. The number of rotatable bonds is 4. The summed E-state index contributed by atoms with van der Waals surface area (Å²) in [6.45, 7) is 6.92. The lowest BCUT2D eigenvalue weighted by Gasteiger charge is -2.33. The molecule has 0 radical (unpaired) electrons. The first-order valence-corrected chi connectivity index (χ1v) is 5.81. The topological polar surface area (TPSA) is 24.5 Å². The Morgan fingerprint density at radius 2 is 1.79 bits per heavy atom. The van der Waals surface area contributed by atoms with Crippen molar-refractivity contribution in [3.05, 3.63) is 0 Å². The van der Waals surface area contributed by atoms with Crippen LogP contribution in [-0.4, -0.2) is 51.3 Å². The largest absolute Gasteiger partial charge is 0.381 e. The average molecular weight is 198 g/mol. The number of ether oxygens (including phenoxy) is 1. The average Bonchev–Trinajstić information content (AvgIpc) is 2.13. The summed E-state index contributed by atoms with van der Waals surface area (Å²) in [5.74, 6) is 1.78. The number of hydrogen-bond donors (Lipinski definition) is 1. The Kier molecular flexibility index (Phi) is 3.79. The summed E-state index contributed by atoms with van der Waals surface area (Å²) in [6, 6.07) is 0. The number of nitrogens with one attached hydrogen (secondary N) is 1. The molecule has 2 aliphatic rings. The second-order valence-electron chi connectivity index (χ2n) is 4.80. The van der Waals surface area contributed by atoms with Crippen LogP contribution in [0.25, 0.3) is 0 Å². The van der Waals surface area contributed by atoms with Crippen molar-refractivity contribution in [1.29, 1.82) is 0 Å². The van der Waals surface area contributed by atoms with Gasteiger partial charge < -0.3 is 15.0 Å². The van der Waals surface area contributed by atoms with Crippen molar-refractivity contribution in [2.45, 2.75) is 12.8 Å². The van der Waals surface area contributed by atoms with E-state index in [0.29, 0.717) is 0 Å². The zero-order chi connectivity index (χ0) is 9.80. The molecule has 2 rings (SSSR count). The van der Waals surface area contributed by atoms with Gasteiger partial charge >= 0.3 is 0 Å². The van der Waals surface area contributed by atoms with E-state index in [0.717, 1.165) is 25.0 Å². The molecule has 0 amide bonds. The highest BCUT2D eigenvalue weighted by molar-refractivity contribution is 4.78. The lowest BCUT2D eigenvalue weighted by molar-refractivity contribution is 0.0528. The Hall–Kier alpha value is -0.120. The Bertz CT molecular complexity index is 165. The van der Waals surface area contributed by atoms with Crippen LogP contribution in [0.5, 0.6) is 0 Å². The van der Waals surface area contributed by atoms with E-state index in [2.05, 4.69) is 17.3 Å². The van der Waals surface area contributed by atoms with E-state index < -0.39 is 0 Å². The van der Waals surface area contributed by atoms with Crippen LogP contribution in [0.1, 0.15) is 12.8 Å². The third-order valence-corrected chi connectivity index (χ3v) is 3.35. The predicted octanol–water partition coefficient (Wildman–Crippen LogP) is 0.564. The van der Waals surface area contributed by atoms with E-state index in [-0.39, 0.29) is 0 Å². The fraction of sp³-hybridized carbons (Fsp3) is 1.00. The second-order valence-corrected chi connectivity index (χ2v) is 4.80. The standard InChI is InChI=1S/C11H22N2O/c1-13(9-11-6-12-7-11)8-10-2-4-14-5-3-10/h10-12H,2-9H2,1H3. The SMILES string of the molecule is CN(CC1CCOCC1)CC1CNC1. The van der Waals surface area contributed by atoms with Gasteiger partial charge in [0, 0.05) is 39.4 Å². The maximum Gasteiger partial charge on any atom is 0.0469 e. The van der Waals surface area contributed by atoms with E-state index in [1.807, 2.05) is 0 Å². The van der Waals surface area contributed by atoms with E-state index in [4.69, 9.17) is 4.74 Å². The van der Waals surface area contributed by atoms with Gasteiger partial charge in [0.25, 0.3) is 0 Å². The molecule has 3 nitrogen and oxygen atoms in total. The van der Waals surface area contributed by atoms with E-state index in [1.165, 1.54) is 39.0 Å². The maximum atomic E-state index is 5.37. The summed E-state index contributed by atoms with van der Waals surface area (Å²) < 4.78 is 5.37. The van der Waals surface area contributed by atoms with Crippen LogP contribution < -0.4 is 5.32 Å². The molecule has 2 saturated heterocycles. The van der Waals surface area contributed by atoms with Crippen molar-refractivity contribution in [3.63, 3.8) is 0 Å². The minimum absolute atomic E-state index is 0.877. The summed E-state index contributed by atoms with van der Waals surface area (Å²) in [6.07, 6.45) is 2.51. The van der Waals surface area contributed by atoms with E-state index >= 15 is 0 Å². The van der Waals surface area contributed by atoms with Gasteiger partial charge in [-0.1, -0.05) is 0 Å². The summed E-state index contributed by atoms with van der Waals surface area (Å²) >= 11 is 0. The Labute approximate surface area is 86.8 Å². The molecule has 0 unspecified atom stereocenters. The van der Waals surface area contributed by atoms with Crippen molar-refractivity contribution in [3.8, 4) is 0 Å². The third-order valence-electron chi connectivity index (χ3n) is 3.35. The van der Waals surface area contributed by atoms with E-state index in [9.17, 15) is 0 Å². The smallest absolute Gasteiger partial charge is 0.0469 e. The summed E-state index contributed by atoms with van der Waals surface area (Å²) in [5, 5.41) is 3.32. The monoisotopic (exact) mass is 198 g/mol. The van der Waals surface area contributed by atoms with Crippen molar-refractivity contribution >= 4 is 0 Å². The zero-order valence-electron chi connectivity index (χ0n) is 9.17. The van der Waals surface area contributed by atoms with Gasteiger partial charge in [-0.15, -0.1) is 0 Å². The van der Waals surface area contributed by atoms with Crippen molar-refractivity contribution in [2.24, 2.45) is 11.8 Å². The maximum absolute atomic E-state index is 5.37. The van der Waals surface area contributed by atoms with Crippen molar-refractivity contribution in [1.82, 2.24) is 10.2 Å². The van der Waals surface area contributed by atoms with Crippen LogP contribution >= 0.6 is 0 Å². The van der Waals surface area contributed by atoms with Crippen LogP contribution in [-0.2, 0) is 4.74 Å². The number of nitrogens with zero attached hydrogens (tertiary/aromatic N) is 1. The molecule has 3 heteroatoms. The quantitative estimate of drug-likeness (QED) is 0.714. The summed E-state index contributed by atoms with van der Waals surface area (Å²) in [5.41, 5.74) is 0. The van der Waals surface area contributed by atoms with Gasteiger partial charge in [0.1, 0.15) is 0 Å². The first-order valence-electron chi connectivity index (χ1n) is 5.81. The third kappa shape index (κ3) is 2.94. The van der Waals surface area contributed by atoms with E-state index in [1.54, 1.807) is 0 Å². The molecule has 0 saturated carbocycles. The van der Waals surface area contributed by atoms with Gasteiger partial charge in [0.2, 0.25) is 0 Å². The molecule has 1 N–H and O–H groups in total.